The van der Waals surface area contributed by atoms with Crippen molar-refractivity contribution in [2.24, 2.45) is 0 Å². The van der Waals surface area contributed by atoms with Crippen LogP contribution in [0.2, 0.25) is 0 Å². The minimum atomic E-state index is -0.458. The molecule has 0 saturated heterocycles. The number of benzene rings is 1. The van der Waals surface area contributed by atoms with Crippen molar-refractivity contribution in [2.75, 3.05) is 14.1 Å². The number of nitro groups is 1. The van der Waals surface area contributed by atoms with Crippen molar-refractivity contribution in [2.45, 2.75) is 31.6 Å². The number of hydrazine groups is 1. The van der Waals surface area contributed by atoms with Gasteiger partial charge in [-0.05, 0) is 18.4 Å². The second-order valence-electron chi connectivity index (χ2n) is 6.30. The van der Waals surface area contributed by atoms with Crippen molar-refractivity contribution < 1.29 is 14.5 Å². The van der Waals surface area contributed by atoms with Crippen LogP contribution in [0.1, 0.15) is 37.2 Å². The molecule has 1 aromatic carbocycles. The molecule has 0 N–H and O–H groups in total. The molecule has 1 aromatic rings. The van der Waals surface area contributed by atoms with Gasteiger partial charge >= 0.3 is 0 Å². The number of non-ortho nitro benzene ring substituents is 1. The van der Waals surface area contributed by atoms with E-state index in [1.54, 1.807) is 36.2 Å². The van der Waals surface area contributed by atoms with Crippen molar-refractivity contribution in [3.05, 3.63) is 51.2 Å². The van der Waals surface area contributed by atoms with Crippen LogP contribution in [0.25, 0.3) is 0 Å². The van der Waals surface area contributed by atoms with Crippen LogP contribution >= 0.6 is 0 Å². The summed E-state index contributed by atoms with van der Waals surface area (Å²) < 4.78 is 0. The number of nitrogens with zero attached hydrogens (tertiary/aromatic N) is 3. The van der Waals surface area contributed by atoms with E-state index in [9.17, 15) is 19.7 Å². The molecule has 0 radical (unpaired) electrons. The summed E-state index contributed by atoms with van der Waals surface area (Å²) in [5.74, 6) is -0.312. The smallest absolute Gasteiger partial charge is 0.269 e. The minimum Gasteiger partial charge on any atom is -0.294 e. The lowest BCUT2D eigenvalue weighted by molar-refractivity contribution is -0.384. The van der Waals surface area contributed by atoms with Crippen LogP contribution in [0.3, 0.4) is 0 Å². The molecule has 0 spiro atoms. The summed E-state index contributed by atoms with van der Waals surface area (Å²) in [6, 6.07) is 6.14. The van der Waals surface area contributed by atoms with Crippen LogP contribution in [-0.2, 0) is 9.59 Å². The molecule has 1 unspecified atom stereocenters. The number of amides is 1. The number of hydrogen-bond acceptors (Lipinski definition) is 5. The predicted molar refractivity (Wildman–Crippen MR) is 86.9 cm³/mol. The number of nitro benzene ring substituents is 1. The number of hydrogen-bond donors (Lipinski definition) is 0. The Bertz CT molecular complexity index is 737. The van der Waals surface area contributed by atoms with E-state index in [4.69, 9.17) is 0 Å². The summed E-state index contributed by atoms with van der Waals surface area (Å²) in [5, 5.41) is 14.1. The van der Waals surface area contributed by atoms with Crippen molar-refractivity contribution in [3.8, 4) is 0 Å². The van der Waals surface area contributed by atoms with E-state index in [2.05, 4.69) is 0 Å². The fourth-order valence-electron chi connectivity index (χ4n) is 3.55. The first-order chi connectivity index (χ1) is 11.4. The third-order valence-corrected chi connectivity index (χ3v) is 4.55. The maximum atomic E-state index is 12.6. The molecule has 0 bridgehead atoms. The molecular weight excluding hydrogens is 310 g/mol. The Hall–Kier alpha value is -2.54. The Morgan fingerprint density at radius 2 is 1.83 bits per heavy atom. The third kappa shape index (κ3) is 2.71. The van der Waals surface area contributed by atoms with Gasteiger partial charge in [-0.15, -0.1) is 0 Å². The Morgan fingerprint density at radius 1 is 1.17 bits per heavy atom. The van der Waals surface area contributed by atoms with Crippen molar-refractivity contribution >= 4 is 17.4 Å². The molecule has 1 aliphatic heterocycles. The minimum absolute atomic E-state index is 0.0000206. The van der Waals surface area contributed by atoms with Gasteiger partial charge in [-0.2, -0.15) is 0 Å². The van der Waals surface area contributed by atoms with Gasteiger partial charge in [0.05, 0.1) is 4.92 Å². The summed E-state index contributed by atoms with van der Waals surface area (Å²) in [6.45, 7) is 0. The molecule has 126 valence electrons. The SMILES string of the molecule is CN(C)N1C(=O)CC(c2ccc([N+](=O)[O-])cc2)C2=C1CCCC2=O. The molecular formula is C17H19N3O4. The second-order valence-corrected chi connectivity index (χ2v) is 6.30. The van der Waals surface area contributed by atoms with Gasteiger partial charge in [0.15, 0.2) is 5.78 Å². The third-order valence-electron chi connectivity index (χ3n) is 4.55. The molecule has 1 heterocycles. The summed E-state index contributed by atoms with van der Waals surface area (Å²) in [5.41, 5.74) is 2.23. The number of carbonyl (C=O) groups is 2. The summed E-state index contributed by atoms with van der Waals surface area (Å²) in [6.07, 6.45) is 2.11. The number of ketones is 1. The fourth-order valence-corrected chi connectivity index (χ4v) is 3.55. The number of carbonyl (C=O) groups excluding carboxylic acids is 2. The molecule has 1 amide bonds. The first-order valence-electron chi connectivity index (χ1n) is 7.91. The molecule has 2 aliphatic rings. The van der Waals surface area contributed by atoms with Crippen LogP contribution in [0.15, 0.2) is 35.5 Å². The van der Waals surface area contributed by atoms with Gasteiger partial charge < -0.3 is 0 Å². The van der Waals surface area contributed by atoms with Crippen LogP contribution < -0.4 is 0 Å². The first kappa shape index (κ1) is 16.3. The lowest BCUT2D eigenvalue weighted by Gasteiger charge is -2.40. The summed E-state index contributed by atoms with van der Waals surface area (Å²) >= 11 is 0. The topological polar surface area (TPSA) is 83.8 Å². The normalized spacial score (nSPS) is 21.3. The summed E-state index contributed by atoms with van der Waals surface area (Å²) in [4.78, 5) is 35.5. The lowest BCUT2D eigenvalue weighted by Crippen LogP contribution is -2.47. The highest BCUT2D eigenvalue weighted by Gasteiger charge is 2.40. The lowest BCUT2D eigenvalue weighted by atomic mass is 9.77. The highest BCUT2D eigenvalue weighted by Crippen LogP contribution is 2.42. The van der Waals surface area contributed by atoms with E-state index in [0.717, 1.165) is 17.7 Å². The van der Waals surface area contributed by atoms with E-state index in [1.165, 1.54) is 12.1 Å². The monoisotopic (exact) mass is 329 g/mol. The van der Waals surface area contributed by atoms with Gasteiger partial charge in [-0.1, -0.05) is 12.1 Å². The maximum Gasteiger partial charge on any atom is 0.269 e. The van der Waals surface area contributed by atoms with E-state index in [0.29, 0.717) is 18.4 Å². The Labute approximate surface area is 139 Å². The van der Waals surface area contributed by atoms with Gasteiger partial charge in [0, 0.05) is 56.3 Å². The molecule has 7 nitrogen and oxygen atoms in total. The zero-order valence-corrected chi connectivity index (χ0v) is 13.7. The molecule has 0 saturated carbocycles. The highest BCUT2D eigenvalue weighted by atomic mass is 16.6. The molecule has 24 heavy (non-hydrogen) atoms. The van der Waals surface area contributed by atoms with Gasteiger partial charge in [0.1, 0.15) is 0 Å². The number of Topliss-reactive ketones (excluding diaryl/α,β-unsaturated/α-hetero) is 1. The number of allylic oxidation sites excluding steroid dienone is 2. The Kier molecular flexibility index (Phi) is 4.19. The van der Waals surface area contributed by atoms with Gasteiger partial charge in [-0.25, -0.2) is 10.0 Å². The standard InChI is InChI=1S/C17H19N3O4/c1-18(2)19-14-4-3-5-15(21)17(14)13(10-16(19)22)11-6-8-12(9-7-11)20(23)24/h6-9,13H,3-5,10H2,1-2H3. The summed E-state index contributed by atoms with van der Waals surface area (Å²) in [7, 11) is 3.57. The van der Waals surface area contributed by atoms with Crippen LogP contribution in [-0.4, -0.2) is 40.7 Å². The molecule has 1 atom stereocenters. The average Bonchev–Trinajstić information content (AvgIpc) is 2.53. The van der Waals surface area contributed by atoms with E-state index < -0.39 is 4.92 Å². The first-order valence-corrected chi connectivity index (χ1v) is 7.91. The van der Waals surface area contributed by atoms with E-state index >= 15 is 0 Å². The zero-order valence-electron chi connectivity index (χ0n) is 13.7. The number of rotatable bonds is 3. The van der Waals surface area contributed by atoms with Crippen LogP contribution in [0, 0.1) is 10.1 Å². The van der Waals surface area contributed by atoms with Crippen molar-refractivity contribution in [1.82, 2.24) is 10.0 Å². The van der Waals surface area contributed by atoms with Crippen LogP contribution in [0.4, 0.5) is 5.69 Å². The fraction of sp³-hybridized carbons (Fsp3) is 0.412. The van der Waals surface area contributed by atoms with E-state index in [-0.39, 0.29) is 29.7 Å². The molecule has 7 heteroatoms. The van der Waals surface area contributed by atoms with Crippen molar-refractivity contribution in [1.29, 1.82) is 0 Å². The van der Waals surface area contributed by atoms with Crippen LogP contribution in [0.5, 0.6) is 0 Å². The molecule has 1 aliphatic carbocycles. The Balaban J connectivity index is 2.07. The maximum absolute atomic E-state index is 12.6. The molecule has 3 rings (SSSR count). The quantitative estimate of drug-likeness (QED) is 0.628. The van der Waals surface area contributed by atoms with Crippen molar-refractivity contribution in [3.63, 3.8) is 0 Å². The predicted octanol–water partition coefficient (Wildman–Crippen LogP) is 2.39. The van der Waals surface area contributed by atoms with Gasteiger partial charge in [-0.3, -0.25) is 19.7 Å². The van der Waals surface area contributed by atoms with E-state index in [1.807, 2.05) is 0 Å². The zero-order chi connectivity index (χ0) is 17.4. The highest BCUT2D eigenvalue weighted by molar-refractivity contribution is 6.01. The Morgan fingerprint density at radius 3 is 2.42 bits per heavy atom. The van der Waals surface area contributed by atoms with Gasteiger partial charge in [0.25, 0.3) is 5.69 Å². The second kappa shape index (κ2) is 6.16. The average molecular weight is 329 g/mol. The molecule has 0 aromatic heterocycles. The molecule has 0 fully saturated rings. The van der Waals surface area contributed by atoms with Gasteiger partial charge in [0.2, 0.25) is 5.91 Å². The largest absolute Gasteiger partial charge is 0.294 e.